The molecule has 0 spiro atoms. The van der Waals surface area contributed by atoms with Crippen LogP contribution in [-0.2, 0) is 0 Å². The van der Waals surface area contributed by atoms with E-state index in [2.05, 4.69) is 18.8 Å². The Balaban J connectivity index is 1.97. The molecule has 3 nitrogen and oxygen atoms in total. The van der Waals surface area contributed by atoms with Crippen molar-refractivity contribution in [1.29, 1.82) is 0 Å². The first-order valence-electron chi connectivity index (χ1n) is 7.01. The first kappa shape index (κ1) is 14.3. The predicted molar refractivity (Wildman–Crippen MR) is 82.5 cm³/mol. The van der Waals surface area contributed by atoms with Gasteiger partial charge in [0.25, 0.3) is 5.22 Å². The van der Waals surface area contributed by atoms with E-state index in [4.69, 9.17) is 10.2 Å². The molecule has 1 atom stereocenters. The third-order valence-electron chi connectivity index (χ3n) is 3.38. The highest BCUT2D eigenvalue weighted by Gasteiger charge is 2.11. The minimum Gasteiger partial charge on any atom is -0.431 e. The Morgan fingerprint density at radius 3 is 2.95 bits per heavy atom. The van der Waals surface area contributed by atoms with Crippen LogP contribution < -0.4 is 5.73 Å². The van der Waals surface area contributed by atoms with E-state index in [9.17, 15) is 0 Å². The highest BCUT2D eigenvalue weighted by atomic mass is 32.2. The van der Waals surface area contributed by atoms with Crippen molar-refractivity contribution in [2.24, 2.45) is 5.92 Å². The molecule has 2 aromatic rings. The quantitative estimate of drug-likeness (QED) is 0.588. The monoisotopic (exact) mass is 278 g/mol. The zero-order valence-corrected chi connectivity index (χ0v) is 12.5. The van der Waals surface area contributed by atoms with Gasteiger partial charge in [0.05, 0.1) is 0 Å². The van der Waals surface area contributed by atoms with E-state index in [0.717, 1.165) is 33.7 Å². The van der Waals surface area contributed by atoms with Gasteiger partial charge in [-0.25, -0.2) is 4.98 Å². The predicted octanol–water partition coefficient (Wildman–Crippen LogP) is 4.72. The molecule has 1 heterocycles. The van der Waals surface area contributed by atoms with Gasteiger partial charge in [-0.1, -0.05) is 44.9 Å². The van der Waals surface area contributed by atoms with E-state index < -0.39 is 0 Å². The van der Waals surface area contributed by atoms with Gasteiger partial charge >= 0.3 is 0 Å². The molecule has 0 aliphatic rings. The van der Waals surface area contributed by atoms with Crippen LogP contribution in [0.2, 0.25) is 0 Å². The van der Waals surface area contributed by atoms with Gasteiger partial charge in [0.1, 0.15) is 5.52 Å². The highest BCUT2D eigenvalue weighted by molar-refractivity contribution is 7.99. The standard InChI is InChI=1S/C15H22N2OS/c1-3-5-6-11(4-2)10-19-15-17-13-8-7-12(16)9-14(13)18-15/h7-9,11H,3-6,10,16H2,1-2H3. The van der Waals surface area contributed by atoms with Crippen molar-refractivity contribution < 1.29 is 4.42 Å². The van der Waals surface area contributed by atoms with Crippen molar-refractivity contribution in [3.8, 4) is 0 Å². The smallest absolute Gasteiger partial charge is 0.256 e. The van der Waals surface area contributed by atoms with Gasteiger partial charge in [-0.15, -0.1) is 0 Å². The van der Waals surface area contributed by atoms with Crippen molar-refractivity contribution in [2.75, 3.05) is 11.5 Å². The van der Waals surface area contributed by atoms with E-state index in [-0.39, 0.29) is 0 Å². The van der Waals surface area contributed by atoms with Gasteiger partial charge in [0, 0.05) is 17.5 Å². The number of oxazole rings is 1. The second-order valence-corrected chi connectivity index (χ2v) is 5.91. The number of nitrogens with two attached hydrogens (primary N) is 1. The maximum atomic E-state index is 5.74. The van der Waals surface area contributed by atoms with Crippen LogP contribution in [0.25, 0.3) is 11.1 Å². The molecule has 19 heavy (non-hydrogen) atoms. The van der Waals surface area contributed by atoms with E-state index in [0.29, 0.717) is 0 Å². The number of benzene rings is 1. The Hall–Kier alpha value is -1.16. The molecule has 104 valence electrons. The highest BCUT2D eigenvalue weighted by Crippen LogP contribution is 2.28. The number of nitrogens with zero attached hydrogens (tertiary/aromatic N) is 1. The zero-order chi connectivity index (χ0) is 13.7. The topological polar surface area (TPSA) is 52.0 Å². The van der Waals surface area contributed by atoms with E-state index >= 15 is 0 Å². The van der Waals surface area contributed by atoms with Crippen LogP contribution in [0.1, 0.15) is 39.5 Å². The van der Waals surface area contributed by atoms with Crippen LogP contribution in [0.15, 0.2) is 27.8 Å². The fraction of sp³-hybridized carbons (Fsp3) is 0.533. The number of hydrogen-bond donors (Lipinski definition) is 1. The second kappa shape index (κ2) is 6.85. The largest absolute Gasteiger partial charge is 0.431 e. The number of nitrogen functional groups attached to an aromatic ring is 1. The fourth-order valence-electron chi connectivity index (χ4n) is 2.07. The number of rotatable bonds is 7. The van der Waals surface area contributed by atoms with Crippen LogP contribution in [0.4, 0.5) is 5.69 Å². The van der Waals surface area contributed by atoms with Gasteiger partial charge in [0.15, 0.2) is 5.58 Å². The minimum absolute atomic E-state index is 0.717. The lowest BCUT2D eigenvalue weighted by molar-refractivity contribution is 0.478. The third kappa shape index (κ3) is 3.90. The van der Waals surface area contributed by atoms with Crippen LogP contribution in [0.3, 0.4) is 0 Å². The van der Waals surface area contributed by atoms with Crippen molar-refractivity contribution >= 4 is 28.5 Å². The molecular weight excluding hydrogens is 256 g/mol. The van der Waals surface area contributed by atoms with Crippen LogP contribution in [-0.4, -0.2) is 10.7 Å². The summed E-state index contributed by atoms with van der Waals surface area (Å²) < 4.78 is 5.72. The summed E-state index contributed by atoms with van der Waals surface area (Å²) in [6.45, 7) is 4.50. The van der Waals surface area contributed by atoms with Gasteiger partial charge in [-0.2, -0.15) is 0 Å². The maximum Gasteiger partial charge on any atom is 0.256 e. The molecule has 1 aromatic carbocycles. The minimum atomic E-state index is 0.717. The summed E-state index contributed by atoms with van der Waals surface area (Å²) in [4.78, 5) is 4.48. The molecular formula is C15H22N2OS. The molecule has 1 aromatic heterocycles. The Kier molecular flexibility index (Phi) is 5.14. The molecule has 2 rings (SSSR count). The number of thioether (sulfide) groups is 1. The Labute approximate surface area is 119 Å². The van der Waals surface area contributed by atoms with Crippen molar-refractivity contribution in [3.05, 3.63) is 18.2 Å². The SMILES string of the molecule is CCCCC(CC)CSc1nc2ccc(N)cc2o1. The Morgan fingerprint density at radius 1 is 1.37 bits per heavy atom. The van der Waals surface area contributed by atoms with Crippen LogP contribution >= 0.6 is 11.8 Å². The number of hydrogen-bond acceptors (Lipinski definition) is 4. The molecule has 0 bridgehead atoms. The Bertz CT molecular complexity index is 524. The molecule has 0 saturated carbocycles. The summed E-state index contributed by atoms with van der Waals surface area (Å²) in [5, 5.41) is 0.760. The second-order valence-electron chi connectivity index (χ2n) is 4.93. The molecule has 0 amide bonds. The first-order chi connectivity index (χ1) is 9.22. The molecule has 0 radical (unpaired) electrons. The maximum absolute atomic E-state index is 5.74. The summed E-state index contributed by atoms with van der Waals surface area (Å²) >= 11 is 1.72. The summed E-state index contributed by atoms with van der Waals surface area (Å²) in [5.74, 6) is 1.84. The lowest BCUT2D eigenvalue weighted by Crippen LogP contribution is -2.01. The van der Waals surface area contributed by atoms with Gasteiger partial charge in [0.2, 0.25) is 0 Å². The number of aromatic nitrogens is 1. The molecule has 0 fully saturated rings. The Morgan fingerprint density at radius 2 is 2.21 bits per heavy atom. The lowest BCUT2D eigenvalue weighted by atomic mass is 10.0. The summed E-state index contributed by atoms with van der Waals surface area (Å²) in [7, 11) is 0. The fourth-order valence-corrected chi connectivity index (χ4v) is 3.16. The zero-order valence-electron chi connectivity index (χ0n) is 11.7. The molecule has 4 heteroatoms. The van der Waals surface area contributed by atoms with Crippen molar-refractivity contribution in [2.45, 2.75) is 44.8 Å². The first-order valence-corrected chi connectivity index (χ1v) is 8.00. The number of fused-ring (bicyclic) bond motifs is 1. The molecule has 2 N–H and O–H groups in total. The lowest BCUT2D eigenvalue weighted by Gasteiger charge is -2.11. The van der Waals surface area contributed by atoms with Gasteiger partial charge < -0.3 is 10.2 Å². The van der Waals surface area contributed by atoms with Crippen molar-refractivity contribution in [3.63, 3.8) is 0 Å². The van der Waals surface area contributed by atoms with E-state index in [1.54, 1.807) is 11.8 Å². The third-order valence-corrected chi connectivity index (χ3v) is 4.44. The summed E-state index contributed by atoms with van der Waals surface area (Å²) in [6, 6.07) is 5.60. The van der Waals surface area contributed by atoms with Gasteiger partial charge in [-0.3, -0.25) is 0 Å². The van der Waals surface area contributed by atoms with Crippen molar-refractivity contribution in [1.82, 2.24) is 4.98 Å². The van der Waals surface area contributed by atoms with Crippen LogP contribution in [0, 0.1) is 5.92 Å². The number of unbranched alkanes of at least 4 members (excludes halogenated alkanes) is 1. The average molecular weight is 278 g/mol. The number of anilines is 1. The summed E-state index contributed by atoms with van der Waals surface area (Å²) in [6.07, 6.45) is 5.10. The molecule has 0 aliphatic heterocycles. The normalized spacial score (nSPS) is 12.9. The molecule has 0 aliphatic carbocycles. The van der Waals surface area contributed by atoms with Crippen LogP contribution in [0.5, 0.6) is 0 Å². The summed E-state index contributed by atoms with van der Waals surface area (Å²) in [5.41, 5.74) is 8.12. The van der Waals surface area contributed by atoms with E-state index in [1.165, 1.54) is 25.7 Å². The molecule has 0 saturated heterocycles. The van der Waals surface area contributed by atoms with E-state index in [1.807, 2.05) is 18.2 Å². The van der Waals surface area contributed by atoms with Gasteiger partial charge in [-0.05, 0) is 24.5 Å². The molecule has 1 unspecified atom stereocenters. The average Bonchev–Trinajstić information content (AvgIpc) is 2.81.